The van der Waals surface area contributed by atoms with Gasteiger partial charge >= 0.3 is 0 Å². The molecule has 0 spiro atoms. The Hall–Kier alpha value is -1.82. The number of rotatable bonds is 3. The maximum Gasteiger partial charge on any atom is 0.243 e. The van der Waals surface area contributed by atoms with Gasteiger partial charge < -0.3 is 4.90 Å². The fourth-order valence-corrected chi connectivity index (χ4v) is 3.83. The van der Waals surface area contributed by atoms with Gasteiger partial charge in [-0.3, -0.25) is 15.2 Å². The number of hydrogen-bond acceptors (Lipinski definition) is 3. The summed E-state index contributed by atoms with van der Waals surface area (Å²) < 4.78 is 0. The molecular formula is C19H22Cl2N4O. The summed E-state index contributed by atoms with van der Waals surface area (Å²) in [6.45, 7) is 2.36. The molecule has 2 aliphatic heterocycles. The molecule has 1 aromatic carbocycles. The van der Waals surface area contributed by atoms with Crippen molar-refractivity contribution in [3.8, 4) is 11.3 Å². The Balaban J connectivity index is 0.00000196. The van der Waals surface area contributed by atoms with E-state index in [2.05, 4.69) is 21.6 Å². The SMILES string of the molecule is Cl.O=C(C1C=CCN1)N1CCC(c2cc(-c3ccccc3Cl)n[nH]2)CC1. The van der Waals surface area contributed by atoms with Crippen molar-refractivity contribution >= 4 is 29.9 Å². The minimum atomic E-state index is -0.143. The van der Waals surface area contributed by atoms with E-state index in [0.717, 1.165) is 49.4 Å². The minimum absolute atomic E-state index is 0. The number of aromatic amines is 1. The number of H-pyrrole nitrogens is 1. The average Bonchev–Trinajstić information content (AvgIpc) is 3.34. The third kappa shape index (κ3) is 3.80. The maximum atomic E-state index is 12.4. The lowest BCUT2D eigenvalue weighted by Crippen LogP contribution is -2.46. The Morgan fingerprint density at radius 2 is 2.00 bits per heavy atom. The van der Waals surface area contributed by atoms with Crippen LogP contribution in [0.3, 0.4) is 0 Å². The highest BCUT2D eigenvalue weighted by molar-refractivity contribution is 6.33. The van der Waals surface area contributed by atoms with Crippen LogP contribution in [0.2, 0.25) is 5.02 Å². The first-order chi connectivity index (χ1) is 12.2. The smallest absolute Gasteiger partial charge is 0.243 e. The number of halogens is 2. The molecule has 1 saturated heterocycles. The van der Waals surface area contributed by atoms with Crippen molar-refractivity contribution in [2.24, 2.45) is 0 Å². The Morgan fingerprint density at radius 1 is 1.23 bits per heavy atom. The number of carbonyl (C=O) groups is 1. The molecule has 2 N–H and O–H groups in total. The van der Waals surface area contributed by atoms with E-state index < -0.39 is 0 Å². The van der Waals surface area contributed by atoms with Gasteiger partial charge in [-0.1, -0.05) is 42.0 Å². The number of benzene rings is 1. The van der Waals surface area contributed by atoms with Crippen LogP contribution in [0.5, 0.6) is 0 Å². The largest absolute Gasteiger partial charge is 0.341 e. The molecule has 2 aliphatic rings. The van der Waals surface area contributed by atoms with E-state index in [9.17, 15) is 4.79 Å². The topological polar surface area (TPSA) is 61.0 Å². The van der Waals surface area contributed by atoms with Crippen LogP contribution >= 0.6 is 24.0 Å². The Kier molecular flexibility index (Phi) is 6.01. The Morgan fingerprint density at radius 3 is 2.69 bits per heavy atom. The van der Waals surface area contributed by atoms with E-state index in [1.165, 1.54) is 0 Å². The summed E-state index contributed by atoms with van der Waals surface area (Å²) in [5, 5.41) is 11.5. The van der Waals surface area contributed by atoms with Crippen LogP contribution in [0.1, 0.15) is 24.5 Å². The van der Waals surface area contributed by atoms with E-state index in [1.807, 2.05) is 41.3 Å². The van der Waals surface area contributed by atoms with Crippen molar-refractivity contribution in [3.63, 3.8) is 0 Å². The molecule has 5 nitrogen and oxygen atoms in total. The Labute approximate surface area is 164 Å². The van der Waals surface area contributed by atoms with Gasteiger partial charge in [0.05, 0.1) is 10.7 Å². The summed E-state index contributed by atoms with van der Waals surface area (Å²) in [6.07, 6.45) is 5.87. The highest BCUT2D eigenvalue weighted by Crippen LogP contribution is 2.31. The van der Waals surface area contributed by atoms with Gasteiger partial charge in [0.15, 0.2) is 0 Å². The highest BCUT2D eigenvalue weighted by atomic mass is 35.5. The van der Waals surface area contributed by atoms with Gasteiger partial charge in [-0.05, 0) is 25.0 Å². The van der Waals surface area contributed by atoms with Crippen LogP contribution in [0.4, 0.5) is 0 Å². The minimum Gasteiger partial charge on any atom is -0.341 e. The van der Waals surface area contributed by atoms with Gasteiger partial charge in [0.2, 0.25) is 5.91 Å². The zero-order chi connectivity index (χ0) is 17.2. The molecule has 1 aromatic heterocycles. The number of likely N-dealkylation sites (tertiary alicyclic amines) is 1. The first-order valence-corrected chi connectivity index (χ1v) is 9.09. The van der Waals surface area contributed by atoms with Crippen LogP contribution in [-0.4, -0.2) is 46.7 Å². The van der Waals surface area contributed by atoms with Crippen LogP contribution in [0.25, 0.3) is 11.3 Å². The second-order valence-electron chi connectivity index (χ2n) is 6.60. The van der Waals surface area contributed by atoms with Crippen molar-refractivity contribution in [1.82, 2.24) is 20.4 Å². The number of piperidine rings is 1. The summed E-state index contributed by atoms with van der Waals surface area (Å²) in [5.41, 5.74) is 2.94. The van der Waals surface area contributed by atoms with Gasteiger partial charge in [-0.2, -0.15) is 5.10 Å². The third-order valence-electron chi connectivity index (χ3n) is 5.04. The van der Waals surface area contributed by atoms with Crippen LogP contribution in [0.15, 0.2) is 42.5 Å². The molecule has 0 saturated carbocycles. The fourth-order valence-electron chi connectivity index (χ4n) is 3.60. The quantitative estimate of drug-likeness (QED) is 0.786. The van der Waals surface area contributed by atoms with Gasteiger partial charge in [-0.15, -0.1) is 12.4 Å². The van der Waals surface area contributed by atoms with Gasteiger partial charge in [0, 0.05) is 36.8 Å². The molecule has 1 fully saturated rings. The lowest BCUT2D eigenvalue weighted by Gasteiger charge is -2.32. The molecule has 7 heteroatoms. The van der Waals surface area contributed by atoms with E-state index in [4.69, 9.17) is 11.6 Å². The summed E-state index contributed by atoms with van der Waals surface area (Å²) in [6, 6.07) is 9.68. The molecule has 0 bridgehead atoms. The van der Waals surface area contributed by atoms with Crippen molar-refractivity contribution in [2.45, 2.75) is 24.8 Å². The summed E-state index contributed by atoms with van der Waals surface area (Å²) in [5.74, 6) is 0.591. The van der Waals surface area contributed by atoms with Crippen molar-refractivity contribution in [1.29, 1.82) is 0 Å². The van der Waals surface area contributed by atoms with Crippen molar-refractivity contribution in [3.05, 3.63) is 53.2 Å². The highest BCUT2D eigenvalue weighted by Gasteiger charge is 2.29. The molecule has 0 radical (unpaired) electrons. The monoisotopic (exact) mass is 392 g/mol. The molecule has 3 heterocycles. The molecule has 1 amide bonds. The molecule has 1 unspecified atom stereocenters. The predicted molar refractivity (Wildman–Crippen MR) is 106 cm³/mol. The summed E-state index contributed by atoms with van der Waals surface area (Å²) in [4.78, 5) is 14.4. The summed E-state index contributed by atoms with van der Waals surface area (Å²) in [7, 11) is 0. The van der Waals surface area contributed by atoms with E-state index in [1.54, 1.807) is 0 Å². The first kappa shape index (κ1) is 19.0. The predicted octanol–water partition coefficient (Wildman–Crippen LogP) is 3.39. The van der Waals surface area contributed by atoms with Crippen molar-refractivity contribution in [2.75, 3.05) is 19.6 Å². The average molecular weight is 393 g/mol. The third-order valence-corrected chi connectivity index (χ3v) is 5.37. The van der Waals surface area contributed by atoms with E-state index in [-0.39, 0.29) is 24.4 Å². The molecule has 1 atom stereocenters. The van der Waals surface area contributed by atoms with Crippen LogP contribution < -0.4 is 5.32 Å². The lowest BCUT2D eigenvalue weighted by molar-refractivity contribution is -0.133. The molecule has 26 heavy (non-hydrogen) atoms. The van der Waals surface area contributed by atoms with Crippen molar-refractivity contribution < 1.29 is 4.79 Å². The molecular weight excluding hydrogens is 371 g/mol. The number of carbonyl (C=O) groups excluding carboxylic acids is 1. The second kappa shape index (κ2) is 8.25. The van der Waals surface area contributed by atoms with E-state index in [0.29, 0.717) is 10.9 Å². The zero-order valence-corrected chi connectivity index (χ0v) is 15.9. The van der Waals surface area contributed by atoms with Gasteiger partial charge in [-0.25, -0.2) is 0 Å². The lowest BCUT2D eigenvalue weighted by atomic mass is 9.93. The number of amides is 1. The molecule has 4 rings (SSSR count). The molecule has 138 valence electrons. The normalized spacial score (nSPS) is 20.2. The second-order valence-corrected chi connectivity index (χ2v) is 7.01. The van der Waals surface area contributed by atoms with Gasteiger partial charge in [0.1, 0.15) is 6.04 Å². The van der Waals surface area contributed by atoms with Crippen LogP contribution in [0, 0.1) is 0 Å². The standard InChI is InChI=1S/C19H21ClN4O.ClH/c20-15-5-2-1-4-14(15)18-12-17(22-23-18)13-7-10-24(11-8-13)19(25)16-6-3-9-21-16;/h1-6,12-13,16,21H,7-11H2,(H,22,23);1H. The fraction of sp³-hybridized carbons (Fsp3) is 0.368. The molecule has 0 aliphatic carbocycles. The molecule has 2 aromatic rings. The van der Waals surface area contributed by atoms with E-state index >= 15 is 0 Å². The number of aromatic nitrogens is 2. The zero-order valence-electron chi connectivity index (χ0n) is 14.3. The van der Waals surface area contributed by atoms with Crippen LogP contribution in [-0.2, 0) is 4.79 Å². The van der Waals surface area contributed by atoms with Gasteiger partial charge in [0.25, 0.3) is 0 Å². The number of hydrogen-bond donors (Lipinski definition) is 2. The number of nitrogens with one attached hydrogen (secondary N) is 2. The first-order valence-electron chi connectivity index (χ1n) is 8.71. The maximum absolute atomic E-state index is 12.4. The Bertz CT molecular complexity index is 796. The summed E-state index contributed by atoms with van der Waals surface area (Å²) >= 11 is 6.26. The number of nitrogens with zero attached hydrogens (tertiary/aromatic N) is 2.